The zero-order valence-corrected chi connectivity index (χ0v) is 11.9. The van der Waals surface area contributed by atoms with Crippen molar-refractivity contribution in [1.82, 2.24) is 9.55 Å². The Bertz CT molecular complexity index is 554. The lowest BCUT2D eigenvalue weighted by Crippen LogP contribution is -2.18. The highest BCUT2D eigenvalue weighted by molar-refractivity contribution is 5.41. The summed E-state index contributed by atoms with van der Waals surface area (Å²) in [6, 6.07) is 7.32. The van der Waals surface area contributed by atoms with E-state index < -0.39 is 6.04 Å². The summed E-state index contributed by atoms with van der Waals surface area (Å²) in [5, 5.41) is 9.19. The van der Waals surface area contributed by atoms with Crippen LogP contribution in [0.25, 0.3) is 5.69 Å². The van der Waals surface area contributed by atoms with Gasteiger partial charge in [-0.05, 0) is 25.5 Å². The van der Waals surface area contributed by atoms with E-state index in [0.717, 1.165) is 23.6 Å². The molecule has 1 aromatic carbocycles. The number of rotatable bonds is 6. The van der Waals surface area contributed by atoms with E-state index in [1.54, 1.807) is 12.5 Å². The van der Waals surface area contributed by atoms with Gasteiger partial charge < -0.3 is 20.1 Å². The van der Waals surface area contributed by atoms with Crippen molar-refractivity contribution < 1.29 is 9.84 Å². The predicted molar refractivity (Wildman–Crippen MR) is 78.0 cm³/mol. The molecule has 0 aliphatic rings. The Kier molecular flexibility index (Phi) is 4.76. The van der Waals surface area contributed by atoms with E-state index in [2.05, 4.69) is 11.9 Å². The van der Waals surface area contributed by atoms with Gasteiger partial charge in [-0.25, -0.2) is 4.98 Å². The molecule has 5 nitrogen and oxygen atoms in total. The van der Waals surface area contributed by atoms with Gasteiger partial charge in [-0.1, -0.05) is 13.0 Å². The minimum Gasteiger partial charge on any atom is -0.491 e. The summed E-state index contributed by atoms with van der Waals surface area (Å²) in [5.74, 6) is 0.814. The van der Waals surface area contributed by atoms with Gasteiger partial charge in [-0.15, -0.1) is 0 Å². The first-order valence-corrected chi connectivity index (χ1v) is 6.81. The third-order valence-electron chi connectivity index (χ3n) is 3.25. The van der Waals surface area contributed by atoms with Crippen molar-refractivity contribution in [3.63, 3.8) is 0 Å². The number of aliphatic hydroxyl groups is 1. The van der Waals surface area contributed by atoms with E-state index >= 15 is 0 Å². The Hall–Kier alpha value is -1.85. The zero-order chi connectivity index (χ0) is 14.5. The average molecular weight is 275 g/mol. The molecule has 108 valence electrons. The second-order valence-electron chi connectivity index (χ2n) is 4.81. The molecule has 1 heterocycles. The Balaban J connectivity index is 2.29. The maximum atomic E-state index is 9.19. The predicted octanol–water partition coefficient (Wildman–Crippen LogP) is 2.04. The number of aromatic nitrogens is 2. The number of benzene rings is 1. The van der Waals surface area contributed by atoms with Gasteiger partial charge >= 0.3 is 0 Å². The number of aliphatic hydroxyl groups excluding tert-OH is 1. The Morgan fingerprint density at radius 2 is 2.25 bits per heavy atom. The molecule has 0 aliphatic carbocycles. The molecule has 0 saturated heterocycles. The molecular formula is C15H21N3O2. The van der Waals surface area contributed by atoms with Crippen molar-refractivity contribution in [3.05, 3.63) is 42.5 Å². The smallest absolute Gasteiger partial charge is 0.121 e. The summed E-state index contributed by atoms with van der Waals surface area (Å²) in [5.41, 5.74) is 7.57. The lowest BCUT2D eigenvalue weighted by molar-refractivity contribution is 0.217. The maximum absolute atomic E-state index is 9.19. The molecule has 0 spiro atoms. The summed E-state index contributed by atoms with van der Waals surface area (Å²) in [6.07, 6.45) is 4.49. The fourth-order valence-corrected chi connectivity index (χ4v) is 1.91. The Morgan fingerprint density at radius 3 is 2.95 bits per heavy atom. The molecular weight excluding hydrogens is 254 g/mol. The second kappa shape index (κ2) is 6.54. The van der Waals surface area contributed by atoms with Crippen LogP contribution in [-0.2, 0) is 0 Å². The highest BCUT2D eigenvalue weighted by Crippen LogP contribution is 2.21. The summed E-state index contributed by atoms with van der Waals surface area (Å²) >= 11 is 0. The van der Waals surface area contributed by atoms with Gasteiger partial charge in [0.15, 0.2) is 0 Å². The summed E-state index contributed by atoms with van der Waals surface area (Å²) in [4.78, 5) is 4.11. The van der Waals surface area contributed by atoms with Crippen molar-refractivity contribution in [3.8, 4) is 11.4 Å². The van der Waals surface area contributed by atoms with Gasteiger partial charge in [0.2, 0.25) is 0 Å². The van der Waals surface area contributed by atoms with E-state index in [0.29, 0.717) is 0 Å². The van der Waals surface area contributed by atoms with Crippen molar-refractivity contribution >= 4 is 0 Å². The van der Waals surface area contributed by atoms with Crippen molar-refractivity contribution in [2.45, 2.75) is 32.4 Å². The van der Waals surface area contributed by atoms with Crippen LogP contribution in [0.2, 0.25) is 0 Å². The van der Waals surface area contributed by atoms with E-state index in [9.17, 15) is 5.11 Å². The van der Waals surface area contributed by atoms with E-state index in [1.165, 1.54) is 0 Å². The number of ether oxygens (including phenoxy) is 1. The molecule has 0 fully saturated rings. The zero-order valence-electron chi connectivity index (χ0n) is 11.9. The summed E-state index contributed by atoms with van der Waals surface area (Å²) < 4.78 is 7.68. The van der Waals surface area contributed by atoms with Crippen LogP contribution in [0.3, 0.4) is 0 Å². The molecule has 0 bridgehead atoms. The molecule has 0 saturated carbocycles. The molecule has 0 aliphatic heterocycles. The van der Waals surface area contributed by atoms with Crippen molar-refractivity contribution in [1.29, 1.82) is 0 Å². The molecule has 3 N–H and O–H groups in total. The first kappa shape index (κ1) is 14.6. The third-order valence-corrected chi connectivity index (χ3v) is 3.25. The second-order valence-corrected chi connectivity index (χ2v) is 4.81. The highest BCUT2D eigenvalue weighted by atomic mass is 16.5. The van der Waals surface area contributed by atoms with Crippen molar-refractivity contribution in [2.24, 2.45) is 5.73 Å². The van der Waals surface area contributed by atoms with Crippen LogP contribution in [0, 0.1) is 0 Å². The number of nitrogens with two attached hydrogens (primary N) is 1. The van der Waals surface area contributed by atoms with Gasteiger partial charge in [-0.3, -0.25) is 0 Å². The topological polar surface area (TPSA) is 73.3 Å². The van der Waals surface area contributed by atoms with Gasteiger partial charge in [0.25, 0.3) is 0 Å². The van der Waals surface area contributed by atoms with Crippen LogP contribution in [0.5, 0.6) is 5.75 Å². The summed E-state index contributed by atoms with van der Waals surface area (Å²) in [7, 11) is 0. The quantitative estimate of drug-likeness (QED) is 0.846. The Morgan fingerprint density at radius 1 is 1.45 bits per heavy atom. The van der Waals surface area contributed by atoms with Gasteiger partial charge in [0.05, 0.1) is 42.7 Å². The van der Waals surface area contributed by atoms with Gasteiger partial charge in [0, 0.05) is 6.07 Å². The molecule has 20 heavy (non-hydrogen) atoms. The minimum atomic E-state index is -0.448. The monoisotopic (exact) mass is 275 g/mol. The first-order valence-electron chi connectivity index (χ1n) is 6.81. The summed E-state index contributed by atoms with van der Waals surface area (Å²) in [6.45, 7) is 4.01. The van der Waals surface area contributed by atoms with Crippen LogP contribution in [-0.4, -0.2) is 27.4 Å². The van der Waals surface area contributed by atoms with Crippen LogP contribution < -0.4 is 10.5 Å². The van der Waals surface area contributed by atoms with Gasteiger partial charge in [-0.2, -0.15) is 0 Å². The normalized spacial score (nSPS) is 14.0. The third kappa shape index (κ3) is 3.18. The molecule has 5 heteroatoms. The maximum Gasteiger partial charge on any atom is 0.121 e. The van der Waals surface area contributed by atoms with Gasteiger partial charge in [0.1, 0.15) is 5.75 Å². The molecule has 2 unspecified atom stereocenters. The molecule has 1 aromatic heterocycles. The minimum absolute atomic E-state index is 0.116. The average Bonchev–Trinajstić information content (AvgIpc) is 2.96. The molecule has 2 aromatic rings. The largest absolute Gasteiger partial charge is 0.491 e. The first-order chi connectivity index (χ1) is 9.65. The van der Waals surface area contributed by atoms with Crippen LogP contribution >= 0.6 is 0 Å². The molecule has 0 radical (unpaired) electrons. The lowest BCUT2D eigenvalue weighted by Gasteiger charge is -2.15. The number of hydrogen-bond donors (Lipinski definition) is 2. The fourth-order valence-electron chi connectivity index (χ4n) is 1.91. The number of hydrogen-bond acceptors (Lipinski definition) is 4. The van der Waals surface area contributed by atoms with Crippen molar-refractivity contribution in [2.75, 3.05) is 6.61 Å². The Labute approximate surface area is 119 Å². The van der Waals surface area contributed by atoms with Crippen LogP contribution in [0.15, 0.2) is 36.8 Å². The van der Waals surface area contributed by atoms with E-state index in [-0.39, 0.29) is 12.7 Å². The van der Waals surface area contributed by atoms with Crippen LogP contribution in [0.1, 0.15) is 32.0 Å². The standard InChI is InChI=1S/C15H21N3O2/c1-3-11(2)20-13-6-4-5-12(7-13)18-10-17-8-15(18)14(16)9-19/h4-8,10-11,14,19H,3,9,16H2,1-2H3. The van der Waals surface area contributed by atoms with E-state index in [4.69, 9.17) is 10.5 Å². The number of nitrogens with zero attached hydrogens (tertiary/aromatic N) is 2. The SMILES string of the molecule is CCC(C)Oc1cccc(-n2cncc2C(N)CO)c1. The highest BCUT2D eigenvalue weighted by Gasteiger charge is 2.12. The number of imidazole rings is 1. The van der Waals surface area contributed by atoms with Crippen LogP contribution in [0.4, 0.5) is 0 Å². The van der Waals surface area contributed by atoms with E-state index in [1.807, 2.05) is 35.8 Å². The molecule has 2 rings (SSSR count). The molecule has 0 amide bonds. The molecule has 2 atom stereocenters. The fraction of sp³-hybridized carbons (Fsp3) is 0.400. The lowest BCUT2D eigenvalue weighted by atomic mass is 10.2.